The van der Waals surface area contributed by atoms with Crippen molar-refractivity contribution in [3.05, 3.63) is 22.3 Å². The number of halogens is 1. The van der Waals surface area contributed by atoms with Crippen LogP contribution in [-0.2, 0) is 0 Å². The van der Waals surface area contributed by atoms with Gasteiger partial charge in [0.2, 0.25) is 5.88 Å². The maximum absolute atomic E-state index is 5.77. The van der Waals surface area contributed by atoms with Crippen LogP contribution >= 0.6 is 15.9 Å². The summed E-state index contributed by atoms with van der Waals surface area (Å²) in [5, 5.41) is 3.26. The van der Waals surface area contributed by atoms with Crippen molar-refractivity contribution >= 4 is 15.9 Å². The number of ether oxygens (including phenoxy) is 1. The van der Waals surface area contributed by atoms with Gasteiger partial charge in [0, 0.05) is 22.8 Å². The zero-order valence-corrected chi connectivity index (χ0v) is 9.67. The molecule has 0 bridgehead atoms. The molecule has 1 aromatic rings. The molecule has 4 heteroatoms. The molecule has 1 N–H and O–H groups in total. The largest absolute Gasteiger partial charge is 0.473 e. The second-order valence-corrected chi connectivity index (χ2v) is 4.42. The van der Waals surface area contributed by atoms with Gasteiger partial charge in [0.15, 0.2) is 0 Å². The first kappa shape index (κ1) is 9.93. The van der Waals surface area contributed by atoms with Gasteiger partial charge in [-0.3, -0.25) is 0 Å². The monoisotopic (exact) mass is 256 g/mol. The van der Waals surface area contributed by atoms with Gasteiger partial charge in [0.1, 0.15) is 6.10 Å². The van der Waals surface area contributed by atoms with Crippen molar-refractivity contribution < 1.29 is 4.74 Å². The molecule has 2 heterocycles. The highest BCUT2D eigenvalue weighted by Crippen LogP contribution is 2.20. The summed E-state index contributed by atoms with van der Waals surface area (Å²) in [4.78, 5) is 4.24. The zero-order valence-electron chi connectivity index (χ0n) is 8.09. The molecule has 0 spiro atoms. The lowest BCUT2D eigenvalue weighted by Gasteiger charge is -2.13. The summed E-state index contributed by atoms with van der Waals surface area (Å²) in [5.41, 5.74) is 1.08. The molecular weight excluding hydrogens is 244 g/mol. The highest BCUT2D eigenvalue weighted by molar-refractivity contribution is 9.10. The van der Waals surface area contributed by atoms with Crippen molar-refractivity contribution in [2.24, 2.45) is 0 Å². The average molecular weight is 257 g/mol. The number of hydrogen-bond acceptors (Lipinski definition) is 3. The fourth-order valence-corrected chi connectivity index (χ4v) is 1.98. The molecule has 0 radical (unpaired) electrons. The van der Waals surface area contributed by atoms with E-state index < -0.39 is 0 Å². The van der Waals surface area contributed by atoms with E-state index in [1.165, 1.54) is 0 Å². The Kier molecular flexibility index (Phi) is 3.03. The summed E-state index contributed by atoms with van der Waals surface area (Å²) in [7, 11) is 0. The normalized spacial score (nSPS) is 21.1. The Bertz CT molecular complexity index is 324. The summed E-state index contributed by atoms with van der Waals surface area (Å²) in [6, 6.07) is 2.02. The lowest BCUT2D eigenvalue weighted by molar-refractivity contribution is 0.212. The smallest absolute Gasteiger partial charge is 0.216 e. The van der Waals surface area contributed by atoms with Gasteiger partial charge in [-0.25, -0.2) is 4.98 Å². The molecule has 1 saturated heterocycles. The van der Waals surface area contributed by atoms with Crippen LogP contribution in [0.15, 0.2) is 16.7 Å². The van der Waals surface area contributed by atoms with Crippen LogP contribution in [0.3, 0.4) is 0 Å². The summed E-state index contributed by atoms with van der Waals surface area (Å²) >= 11 is 3.38. The molecule has 3 nitrogen and oxygen atoms in total. The minimum absolute atomic E-state index is 0.280. The van der Waals surface area contributed by atoms with Gasteiger partial charge >= 0.3 is 0 Å². The van der Waals surface area contributed by atoms with Gasteiger partial charge in [-0.05, 0) is 41.9 Å². The number of nitrogens with zero attached hydrogens (tertiary/aromatic N) is 1. The quantitative estimate of drug-likeness (QED) is 0.878. The van der Waals surface area contributed by atoms with E-state index in [0.717, 1.165) is 35.4 Å². The number of aromatic nitrogens is 1. The molecule has 1 fully saturated rings. The Morgan fingerprint density at radius 1 is 1.64 bits per heavy atom. The van der Waals surface area contributed by atoms with E-state index in [1.54, 1.807) is 6.20 Å². The molecule has 1 unspecified atom stereocenters. The first-order chi connectivity index (χ1) is 6.75. The van der Waals surface area contributed by atoms with E-state index >= 15 is 0 Å². The van der Waals surface area contributed by atoms with E-state index in [0.29, 0.717) is 0 Å². The van der Waals surface area contributed by atoms with Gasteiger partial charge < -0.3 is 10.1 Å². The van der Waals surface area contributed by atoms with Crippen LogP contribution in [0.5, 0.6) is 5.88 Å². The van der Waals surface area contributed by atoms with Crippen LogP contribution in [0.2, 0.25) is 0 Å². The highest BCUT2D eigenvalue weighted by atomic mass is 79.9. The third-order valence-electron chi connectivity index (χ3n) is 2.29. The summed E-state index contributed by atoms with van der Waals surface area (Å²) < 4.78 is 6.76. The molecular formula is C10H13BrN2O. The SMILES string of the molecule is Cc1cc(Br)cnc1OC1CCNC1. The third kappa shape index (κ3) is 2.25. The molecule has 0 aliphatic carbocycles. The number of pyridine rings is 1. The van der Waals surface area contributed by atoms with Gasteiger partial charge in [0.05, 0.1) is 0 Å². The number of rotatable bonds is 2. The van der Waals surface area contributed by atoms with Crippen molar-refractivity contribution in [3.63, 3.8) is 0 Å². The van der Waals surface area contributed by atoms with Gasteiger partial charge in [0.25, 0.3) is 0 Å². The second kappa shape index (κ2) is 4.28. The summed E-state index contributed by atoms with van der Waals surface area (Å²) in [6.45, 7) is 3.98. The Hall–Kier alpha value is -0.610. The van der Waals surface area contributed by atoms with E-state index in [2.05, 4.69) is 26.2 Å². The van der Waals surface area contributed by atoms with Crippen molar-refractivity contribution in [2.75, 3.05) is 13.1 Å². The first-order valence-corrected chi connectivity index (χ1v) is 5.54. The number of aryl methyl sites for hydroxylation is 1. The van der Waals surface area contributed by atoms with E-state index in [-0.39, 0.29) is 6.10 Å². The summed E-state index contributed by atoms with van der Waals surface area (Å²) in [5.74, 6) is 0.752. The Labute approximate surface area is 92.0 Å². The molecule has 1 aliphatic heterocycles. The summed E-state index contributed by atoms with van der Waals surface area (Å²) in [6.07, 6.45) is 3.12. The van der Waals surface area contributed by atoms with Crippen molar-refractivity contribution in [1.82, 2.24) is 10.3 Å². The molecule has 14 heavy (non-hydrogen) atoms. The molecule has 0 aromatic carbocycles. The minimum atomic E-state index is 0.280. The third-order valence-corrected chi connectivity index (χ3v) is 2.72. The van der Waals surface area contributed by atoms with Crippen molar-refractivity contribution in [2.45, 2.75) is 19.4 Å². The number of nitrogens with one attached hydrogen (secondary N) is 1. The van der Waals surface area contributed by atoms with E-state index in [9.17, 15) is 0 Å². The standard InChI is InChI=1S/C10H13BrN2O/c1-7-4-8(11)5-13-10(7)14-9-2-3-12-6-9/h4-5,9,12H,2-3,6H2,1H3. The average Bonchev–Trinajstić information content (AvgIpc) is 2.62. The van der Waals surface area contributed by atoms with Crippen molar-refractivity contribution in [3.8, 4) is 5.88 Å². The molecule has 1 aliphatic rings. The molecule has 2 rings (SSSR count). The van der Waals surface area contributed by atoms with Crippen molar-refractivity contribution in [1.29, 1.82) is 0 Å². The molecule has 0 saturated carbocycles. The van der Waals surface area contributed by atoms with Crippen LogP contribution in [0, 0.1) is 6.92 Å². The van der Waals surface area contributed by atoms with Crippen LogP contribution in [0.1, 0.15) is 12.0 Å². The maximum Gasteiger partial charge on any atom is 0.216 e. The fraction of sp³-hybridized carbons (Fsp3) is 0.500. The molecule has 0 amide bonds. The second-order valence-electron chi connectivity index (χ2n) is 3.51. The zero-order chi connectivity index (χ0) is 9.97. The first-order valence-electron chi connectivity index (χ1n) is 4.75. The van der Waals surface area contributed by atoms with Gasteiger partial charge in [-0.2, -0.15) is 0 Å². The Balaban J connectivity index is 2.08. The molecule has 1 aromatic heterocycles. The van der Waals surface area contributed by atoms with E-state index in [1.807, 2.05) is 13.0 Å². The molecule has 76 valence electrons. The lowest BCUT2D eigenvalue weighted by Crippen LogP contribution is -2.20. The van der Waals surface area contributed by atoms with E-state index in [4.69, 9.17) is 4.74 Å². The fourth-order valence-electron chi connectivity index (χ4n) is 1.54. The highest BCUT2D eigenvalue weighted by Gasteiger charge is 2.17. The van der Waals surface area contributed by atoms with Crippen LogP contribution < -0.4 is 10.1 Å². The van der Waals surface area contributed by atoms with Gasteiger partial charge in [-0.1, -0.05) is 0 Å². The maximum atomic E-state index is 5.77. The minimum Gasteiger partial charge on any atom is -0.473 e. The van der Waals surface area contributed by atoms with Gasteiger partial charge in [-0.15, -0.1) is 0 Å². The predicted molar refractivity (Wildman–Crippen MR) is 58.6 cm³/mol. The topological polar surface area (TPSA) is 34.1 Å². The number of hydrogen-bond donors (Lipinski definition) is 1. The lowest BCUT2D eigenvalue weighted by atomic mass is 10.3. The van der Waals surface area contributed by atoms with Crippen LogP contribution in [-0.4, -0.2) is 24.2 Å². The molecule has 1 atom stereocenters. The Morgan fingerprint density at radius 3 is 3.14 bits per heavy atom. The predicted octanol–water partition coefficient (Wildman–Crippen LogP) is 1.89. The van der Waals surface area contributed by atoms with Crippen LogP contribution in [0.25, 0.3) is 0 Å². The Morgan fingerprint density at radius 2 is 2.50 bits per heavy atom. The van der Waals surface area contributed by atoms with Crippen LogP contribution in [0.4, 0.5) is 0 Å².